The molecule has 0 amide bonds. The summed E-state index contributed by atoms with van der Waals surface area (Å²) in [5.41, 5.74) is 5.05. The lowest BCUT2D eigenvalue weighted by Gasteiger charge is -2.32. The summed E-state index contributed by atoms with van der Waals surface area (Å²) in [5, 5.41) is 9.79. The number of hydrogen-bond acceptors (Lipinski definition) is 9. The second-order valence-corrected chi connectivity index (χ2v) is 13.7. The van der Waals surface area contributed by atoms with Gasteiger partial charge in [0, 0.05) is 11.8 Å². The van der Waals surface area contributed by atoms with Crippen LogP contribution in [0.5, 0.6) is 11.5 Å². The maximum atomic E-state index is 12.7. The predicted octanol–water partition coefficient (Wildman–Crippen LogP) is 5.84. The van der Waals surface area contributed by atoms with Crippen LogP contribution in [-0.4, -0.2) is 46.9 Å². The van der Waals surface area contributed by atoms with E-state index in [1.165, 1.54) is 12.1 Å². The van der Waals surface area contributed by atoms with E-state index in [0.29, 0.717) is 5.56 Å². The number of ether oxygens (including phenoxy) is 4. The molecule has 0 fully saturated rings. The predicted molar refractivity (Wildman–Crippen MR) is 150 cm³/mol. The molecule has 0 saturated heterocycles. The van der Waals surface area contributed by atoms with Crippen LogP contribution in [-0.2, 0) is 23.9 Å². The van der Waals surface area contributed by atoms with Crippen molar-refractivity contribution < 1.29 is 43.2 Å². The van der Waals surface area contributed by atoms with Crippen molar-refractivity contribution in [3.8, 4) is 11.5 Å². The summed E-state index contributed by atoms with van der Waals surface area (Å²) in [5.74, 6) is -3.83. The van der Waals surface area contributed by atoms with E-state index in [4.69, 9.17) is 24.7 Å². The second kappa shape index (κ2) is 13.5. The van der Waals surface area contributed by atoms with Gasteiger partial charge < -0.3 is 29.8 Å². The topological polar surface area (TPSA) is 151 Å². The minimum atomic E-state index is -1.40. The van der Waals surface area contributed by atoms with Crippen LogP contribution < -0.4 is 15.2 Å². The van der Waals surface area contributed by atoms with Crippen molar-refractivity contribution in [3.05, 3.63) is 23.8 Å². The Balaban J connectivity index is 3.49. The van der Waals surface area contributed by atoms with Gasteiger partial charge in [-0.25, -0.2) is 4.79 Å². The Morgan fingerprint density at radius 2 is 1.30 bits per heavy atom. The monoisotopic (exact) mass is 565 g/mol. The fourth-order valence-corrected chi connectivity index (χ4v) is 3.90. The molecule has 1 rings (SSSR count). The maximum absolute atomic E-state index is 12.7. The first-order chi connectivity index (χ1) is 18.0. The molecular formula is C30H47NO9. The molecule has 40 heavy (non-hydrogen) atoms. The summed E-state index contributed by atoms with van der Waals surface area (Å²) < 4.78 is 21.8. The number of benzene rings is 1. The number of esters is 2. The molecule has 0 aliphatic heterocycles. The first-order valence-electron chi connectivity index (χ1n) is 13.4. The Hall–Kier alpha value is -3.14. The molecule has 0 heterocycles. The van der Waals surface area contributed by atoms with E-state index in [-0.39, 0.29) is 35.2 Å². The summed E-state index contributed by atoms with van der Waals surface area (Å²) in [6.07, 6.45) is -1.48. The quantitative estimate of drug-likeness (QED) is 0.261. The van der Waals surface area contributed by atoms with Gasteiger partial charge in [-0.1, -0.05) is 54.5 Å². The van der Waals surface area contributed by atoms with Crippen LogP contribution in [0.3, 0.4) is 0 Å². The van der Waals surface area contributed by atoms with Crippen LogP contribution >= 0.6 is 0 Å². The van der Waals surface area contributed by atoms with Crippen LogP contribution in [0.2, 0.25) is 0 Å². The van der Waals surface area contributed by atoms with Crippen molar-refractivity contribution in [2.75, 3.05) is 0 Å². The normalized spacial score (nSPS) is 15.3. The van der Waals surface area contributed by atoms with Crippen molar-refractivity contribution in [3.63, 3.8) is 0 Å². The highest BCUT2D eigenvalue weighted by Gasteiger charge is 2.36. The largest absolute Gasteiger partial charge is 0.509 e. The average Bonchev–Trinajstić information content (AvgIpc) is 2.71. The van der Waals surface area contributed by atoms with Gasteiger partial charge in [-0.3, -0.25) is 14.4 Å². The molecule has 0 radical (unpaired) electrons. The Labute approximate surface area is 237 Å². The Kier molecular flexibility index (Phi) is 11.8. The van der Waals surface area contributed by atoms with E-state index in [0.717, 1.165) is 0 Å². The highest BCUT2D eigenvalue weighted by molar-refractivity contribution is 5.78. The zero-order valence-corrected chi connectivity index (χ0v) is 25.7. The molecule has 4 atom stereocenters. The van der Waals surface area contributed by atoms with Gasteiger partial charge in [-0.2, -0.15) is 0 Å². The van der Waals surface area contributed by atoms with E-state index in [1.54, 1.807) is 40.7 Å². The molecule has 3 unspecified atom stereocenters. The summed E-state index contributed by atoms with van der Waals surface area (Å²) >= 11 is 0. The molecule has 226 valence electrons. The van der Waals surface area contributed by atoms with Crippen LogP contribution in [0.1, 0.15) is 100 Å². The average molecular weight is 566 g/mol. The number of nitrogens with two attached hydrogens (primary N) is 1. The van der Waals surface area contributed by atoms with Crippen LogP contribution in [0, 0.1) is 16.7 Å². The first-order valence-corrected chi connectivity index (χ1v) is 13.4. The lowest BCUT2D eigenvalue weighted by atomic mass is 9.79. The molecule has 0 aliphatic rings. The van der Waals surface area contributed by atoms with Crippen LogP contribution in [0.15, 0.2) is 18.2 Å². The molecule has 0 aromatic heterocycles. The van der Waals surface area contributed by atoms with Crippen molar-refractivity contribution in [2.45, 2.75) is 113 Å². The SMILES string of the molecule is CC(OC(=O)OC(C)(C)C)C(C)C(c1ccc(OC(=O)CC(C)(C)C)c(OC(=O)CC(C)(C)C)c1)[C@H](N)C(=O)O. The minimum absolute atomic E-state index is 0.0219. The number of carbonyl (C=O) groups excluding carboxylic acids is 3. The molecule has 10 nitrogen and oxygen atoms in total. The van der Waals surface area contributed by atoms with Crippen molar-refractivity contribution in [1.29, 1.82) is 0 Å². The Bertz CT molecular complexity index is 1060. The number of hydrogen-bond donors (Lipinski definition) is 2. The smallest absolute Gasteiger partial charge is 0.480 e. The second-order valence-electron chi connectivity index (χ2n) is 13.7. The standard InChI is InChI=1S/C30H47NO9/c1-17(18(2)37-27(36)40-30(9,10)11)24(25(31)26(34)35)19-12-13-20(38-22(32)15-28(3,4)5)21(14-19)39-23(33)16-29(6,7)8/h12-14,17-18,24-25H,15-16,31H2,1-11H3,(H,34,35)/t17?,18?,24?,25-/m0/s1. The number of carbonyl (C=O) groups is 4. The van der Waals surface area contributed by atoms with Gasteiger partial charge in [0.25, 0.3) is 0 Å². The highest BCUT2D eigenvalue weighted by Crippen LogP contribution is 2.38. The summed E-state index contributed by atoms with van der Waals surface area (Å²) in [6, 6.07) is 3.06. The van der Waals surface area contributed by atoms with Crippen LogP contribution in [0.25, 0.3) is 0 Å². The van der Waals surface area contributed by atoms with E-state index in [2.05, 4.69) is 0 Å². The highest BCUT2D eigenvalue weighted by atomic mass is 16.7. The molecule has 0 aliphatic carbocycles. The first kappa shape index (κ1) is 34.9. The van der Waals surface area contributed by atoms with Gasteiger partial charge in [-0.05, 0) is 56.2 Å². The molecular weight excluding hydrogens is 518 g/mol. The van der Waals surface area contributed by atoms with Crippen LogP contribution in [0.4, 0.5) is 4.79 Å². The maximum Gasteiger partial charge on any atom is 0.509 e. The van der Waals surface area contributed by atoms with Crippen molar-refractivity contribution in [1.82, 2.24) is 0 Å². The molecule has 1 aromatic carbocycles. The fourth-order valence-electron chi connectivity index (χ4n) is 3.90. The molecule has 0 spiro atoms. The number of carboxylic acids is 1. The molecule has 0 saturated carbocycles. The molecule has 10 heteroatoms. The molecule has 1 aromatic rings. The van der Waals surface area contributed by atoms with E-state index in [1.807, 2.05) is 41.5 Å². The number of aliphatic carboxylic acids is 1. The third-order valence-electron chi connectivity index (χ3n) is 5.80. The van der Waals surface area contributed by atoms with Gasteiger partial charge in [0.1, 0.15) is 17.7 Å². The van der Waals surface area contributed by atoms with Gasteiger partial charge >= 0.3 is 24.1 Å². The fraction of sp³-hybridized carbons (Fsp3) is 0.667. The lowest BCUT2D eigenvalue weighted by molar-refractivity contribution is -0.140. The van der Waals surface area contributed by atoms with Crippen molar-refractivity contribution >= 4 is 24.1 Å². The van der Waals surface area contributed by atoms with Gasteiger partial charge in [0.15, 0.2) is 11.5 Å². The lowest BCUT2D eigenvalue weighted by Crippen LogP contribution is -2.43. The van der Waals surface area contributed by atoms with E-state index < -0.39 is 53.6 Å². The van der Waals surface area contributed by atoms with Gasteiger partial charge in [-0.15, -0.1) is 0 Å². The molecule has 3 N–H and O–H groups in total. The van der Waals surface area contributed by atoms with Crippen molar-refractivity contribution in [2.24, 2.45) is 22.5 Å². The summed E-state index contributed by atoms with van der Waals surface area (Å²) in [7, 11) is 0. The molecule has 0 bridgehead atoms. The van der Waals surface area contributed by atoms with E-state index in [9.17, 15) is 24.3 Å². The zero-order chi connectivity index (χ0) is 31.2. The van der Waals surface area contributed by atoms with Gasteiger partial charge in [0.2, 0.25) is 0 Å². The Morgan fingerprint density at radius 1 is 0.825 bits per heavy atom. The minimum Gasteiger partial charge on any atom is -0.480 e. The number of carboxylic acid groups (broad SMARTS) is 1. The summed E-state index contributed by atoms with van der Waals surface area (Å²) in [4.78, 5) is 49.6. The summed E-state index contributed by atoms with van der Waals surface area (Å²) in [6.45, 7) is 19.7. The van der Waals surface area contributed by atoms with E-state index >= 15 is 0 Å². The Morgan fingerprint density at radius 3 is 1.73 bits per heavy atom. The zero-order valence-electron chi connectivity index (χ0n) is 25.7. The number of rotatable bonds is 10. The third kappa shape index (κ3) is 12.4. The third-order valence-corrected chi connectivity index (χ3v) is 5.80. The van der Waals surface area contributed by atoms with Gasteiger partial charge in [0.05, 0.1) is 12.8 Å².